The van der Waals surface area contributed by atoms with Crippen LogP contribution in [0.3, 0.4) is 0 Å². The Labute approximate surface area is 136 Å². The van der Waals surface area contributed by atoms with Crippen molar-refractivity contribution < 1.29 is 9.90 Å². The SMILES string of the molecule is CCn1c(=O)c(C(=O)O)cc2cc(-c3ccc(C#N)cn3)cnc21. The third-order valence-corrected chi connectivity index (χ3v) is 3.66. The molecular formula is C17H12N4O3. The zero-order valence-corrected chi connectivity index (χ0v) is 12.7. The third kappa shape index (κ3) is 2.50. The Bertz CT molecular complexity index is 1050. The number of aryl methyl sites for hydroxylation is 1. The number of nitriles is 1. The summed E-state index contributed by atoms with van der Waals surface area (Å²) in [7, 11) is 0. The molecule has 0 saturated carbocycles. The molecule has 0 spiro atoms. The summed E-state index contributed by atoms with van der Waals surface area (Å²) in [5, 5.41) is 18.6. The molecule has 0 radical (unpaired) electrons. The van der Waals surface area contributed by atoms with E-state index >= 15 is 0 Å². The second kappa shape index (κ2) is 5.93. The van der Waals surface area contributed by atoms with E-state index in [2.05, 4.69) is 9.97 Å². The van der Waals surface area contributed by atoms with Gasteiger partial charge in [-0.25, -0.2) is 9.78 Å². The molecule has 0 saturated heterocycles. The smallest absolute Gasteiger partial charge is 0.341 e. The van der Waals surface area contributed by atoms with Crippen molar-refractivity contribution in [1.29, 1.82) is 5.26 Å². The molecule has 7 heteroatoms. The Kier molecular flexibility index (Phi) is 3.80. The Hall–Kier alpha value is -3.53. The van der Waals surface area contributed by atoms with Crippen LogP contribution in [0.4, 0.5) is 0 Å². The average molecular weight is 320 g/mol. The van der Waals surface area contributed by atoms with Gasteiger partial charge >= 0.3 is 5.97 Å². The number of pyridine rings is 3. The van der Waals surface area contributed by atoms with E-state index < -0.39 is 11.5 Å². The van der Waals surface area contributed by atoms with Gasteiger partial charge in [-0.3, -0.25) is 14.3 Å². The monoisotopic (exact) mass is 320 g/mol. The predicted molar refractivity (Wildman–Crippen MR) is 86.6 cm³/mol. The molecule has 24 heavy (non-hydrogen) atoms. The van der Waals surface area contributed by atoms with Crippen LogP contribution in [0.1, 0.15) is 22.8 Å². The number of aromatic nitrogens is 3. The zero-order chi connectivity index (χ0) is 17.3. The van der Waals surface area contributed by atoms with Crippen LogP contribution in [0.5, 0.6) is 0 Å². The highest BCUT2D eigenvalue weighted by Gasteiger charge is 2.15. The fourth-order valence-corrected chi connectivity index (χ4v) is 2.48. The van der Waals surface area contributed by atoms with Gasteiger partial charge in [-0.05, 0) is 31.2 Å². The molecule has 0 fully saturated rings. The van der Waals surface area contributed by atoms with Gasteiger partial charge < -0.3 is 5.11 Å². The summed E-state index contributed by atoms with van der Waals surface area (Å²) in [5.74, 6) is -1.27. The van der Waals surface area contributed by atoms with Gasteiger partial charge in [-0.2, -0.15) is 5.26 Å². The molecule has 0 bridgehead atoms. The lowest BCUT2D eigenvalue weighted by Crippen LogP contribution is -2.26. The first-order chi connectivity index (χ1) is 11.5. The molecule has 0 aliphatic rings. The summed E-state index contributed by atoms with van der Waals surface area (Å²) in [6, 6.07) is 8.38. The van der Waals surface area contributed by atoms with Gasteiger partial charge in [0.2, 0.25) is 0 Å². The summed E-state index contributed by atoms with van der Waals surface area (Å²) in [5.41, 5.74) is 1.27. The first kappa shape index (κ1) is 15.4. The van der Waals surface area contributed by atoms with Crippen LogP contribution in [0.25, 0.3) is 22.3 Å². The highest BCUT2D eigenvalue weighted by atomic mass is 16.4. The van der Waals surface area contributed by atoms with Crippen LogP contribution >= 0.6 is 0 Å². The fraction of sp³-hybridized carbons (Fsp3) is 0.118. The Morgan fingerprint density at radius 3 is 2.67 bits per heavy atom. The second-order valence-electron chi connectivity index (χ2n) is 5.09. The minimum absolute atomic E-state index is 0.295. The van der Waals surface area contributed by atoms with Crippen molar-refractivity contribution >= 4 is 17.0 Å². The summed E-state index contributed by atoms with van der Waals surface area (Å²) in [6.07, 6.45) is 3.03. The van der Waals surface area contributed by atoms with Gasteiger partial charge in [0, 0.05) is 29.9 Å². The average Bonchev–Trinajstić information content (AvgIpc) is 2.60. The van der Waals surface area contributed by atoms with Gasteiger partial charge in [0.05, 0.1) is 11.3 Å². The normalized spacial score (nSPS) is 10.5. The molecule has 3 heterocycles. The standard InChI is InChI=1S/C17H12N4O3/c1-2-21-15-11(6-13(16(21)22)17(23)24)5-12(9-20-15)14-4-3-10(7-18)8-19-14/h3-6,8-9H,2H2,1H3,(H,23,24). The van der Waals surface area contributed by atoms with E-state index in [1.54, 1.807) is 31.3 Å². The number of carboxylic acid groups (broad SMARTS) is 1. The molecule has 3 rings (SSSR count). The van der Waals surface area contributed by atoms with Crippen molar-refractivity contribution in [2.75, 3.05) is 0 Å². The van der Waals surface area contributed by atoms with Crippen LogP contribution in [0.15, 0.2) is 41.5 Å². The number of carboxylic acids is 1. The number of nitrogens with zero attached hydrogens (tertiary/aromatic N) is 4. The van der Waals surface area contributed by atoms with Crippen LogP contribution in [0.2, 0.25) is 0 Å². The molecule has 1 N–H and O–H groups in total. The van der Waals surface area contributed by atoms with E-state index in [1.807, 2.05) is 6.07 Å². The van der Waals surface area contributed by atoms with Crippen LogP contribution in [-0.2, 0) is 6.54 Å². The van der Waals surface area contributed by atoms with Gasteiger partial charge in [-0.15, -0.1) is 0 Å². The first-order valence-electron chi connectivity index (χ1n) is 7.18. The van der Waals surface area contributed by atoms with Crippen molar-refractivity contribution in [2.24, 2.45) is 0 Å². The number of carbonyl (C=O) groups is 1. The molecule has 3 aromatic heterocycles. The third-order valence-electron chi connectivity index (χ3n) is 3.66. The maximum Gasteiger partial charge on any atom is 0.341 e. The predicted octanol–water partition coefficient (Wildman–Crippen LogP) is 2.05. The lowest BCUT2D eigenvalue weighted by molar-refractivity contribution is 0.0694. The maximum atomic E-state index is 12.2. The summed E-state index contributed by atoms with van der Waals surface area (Å²) < 4.78 is 1.33. The lowest BCUT2D eigenvalue weighted by atomic mass is 10.1. The van der Waals surface area contributed by atoms with Crippen molar-refractivity contribution in [2.45, 2.75) is 13.5 Å². The van der Waals surface area contributed by atoms with E-state index in [-0.39, 0.29) is 5.56 Å². The summed E-state index contributed by atoms with van der Waals surface area (Å²) in [6.45, 7) is 2.07. The van der Waals surface area contributed by atoms with E-state index in [1.165, 1.54) is 16.8 Å². The molecule has 7 nitrogen and oxygen atoms in total. The first-order valence-corrected chi connectivity index (χ1v) is 7.18. The highest BCUT2D eigenvalue weighted by Crippen LogP contribution is 2.21. The van der Waals surface area contributed by atoms with Gasteiger partial charge in [0.15, 0.2) is 0 Å². The van der Waals surface area contributed by atoms with E-state index in [9.17, 15) is 14.7 Å². The summed E-state index contributed by atoms with van der Waals surface area (Å²) in [4.78, 5) is 32.0. The van der Waals surface area contributed by atoms with Crippen LogP contribution in [-0.4, -0.2) is 25.6 Å². The van der Waals surface area contributed by atoms with Crippen LogP contribution < -0.4 is 5.56 Å². The molecule has 0 amide bonds. The van der Waals surface area contributed by atoms with E-state index in [0.717, 1.165) is 0 Å². The number of rotatable bonds is 3. The molecule has 118 valence electrons. The lowest BCUT2D eigenvalue weighted by Gasteiger charge is -2.10. The fourth-order valence-electron chi connectivity index (χ4n) is 2.48. The van der Waals surface area contributed by atoms with Gasteiger partial charge in [-0.1, -0.05) is 0 Å². The Balaban J connectivity index is 2.23. The topological polar surface area (TPSA) is 109 Å². The highest BCUT2D eigenvalue weighted by molar-refractivity contribution is 5.92. The zero-order valence-electron chi connectivity index (χ0n) is 12.7. The molecular weight excluding hydrogens is 308 g/mol. The van der Waals surface area contributed by atoms with Crippen molar-refractivity contribution in [3.05, 3.63) is 58.1 Å². The molecule has 3 aromatic rings. The molecule has 0 unspecified atom stereocenters. The van der Waals surface area contributed by atoms with E-state index in [0.29, 0.717) is 34.4 Å². The largest absolute Gasteiger partial charge is 0.477 e. The van der Waals surface area contributed by atoms with Crippen molar-refractivity contribution in [3.8, 4) is 17.3 Å². The molecule has 0 atom stereocenters. The number of hydrogen-bond acceptors (Lipinski definition) is 5. The molecule has 0 aromatic carbocycles. The minimum atomic E-state index is -1.27. The Morgan fingerprint density at radius 1 is 1.29 bits per heavy atom. The van der Waals surface area contributed by atoms with Gasteiger partial charge in [0.25, 0.3) is 5.56 Å². The number of fused-ring (bicyclic) bond motifs is 1. The number of aromatic carboxylic acids is 1. The van der Waals surface area contributed by atoms with Gasteiger partial charge in [0.1, 0.15) is 17.3 Å². The molecule has 0 aliphatic carbocycles. The Morgan fingerprint density at radius 2 is 2.08 bits per heavy atom. The second-order valence-corrected chi connectivity index (χ2v) is 5.09. The maximum absolute atomic E-state index is 12.2. The summed E-state index contributed by atoms with van der Waals surface area (Å²) >= 11 is 0. The minimum Gasteiger partial charge on any atom is -0.477 e. The van der Waals surface area contributed by atoms with Crippen LogP contribution in [0, 0.1) is 11.3 Å². The van der Waals surface area contributed by atoms with Crippen molar-refractivity contribution in [1.82, 2.24) is 14.5 Å². The number of hydrogen-bond donors (Lipinski definition) is 1. The quantitative estimate of drug-likeness (QED) is 0.791. The van der Waals surface area contributed by atoms with Crippen molar-refractivity contribution in [3.63, 3.8) is 0 Å². The van der Waals surface area contributed by atoms with E-state index in [4.69, 9.17) is 5.26 Å². The molecule has 0 aliphatic heterocycles.